The molecule has 16 heavy (non-hydrogen) atoms. The summed E-state index contributed by atoms with van der Waals surface area (Å²) in [7, 11) is 1.81. The van der Waals surface area contributed by atoms with E-state index >= 15 is 0 Å². The molecule has 0 radical (unpaired) electrons. The Kier molecular flexibility index (Phi) is 3.59. The number of rotatable bonds is 5. The third kappa shape index (κ3) is 2.62. The fourth-order valence-electron chi connectivity index (χ4n) is 1.80. The van der Waals surface area contributed by atoms with Crippen LogP contribution >= 0.6 is 0 Å². The van der Waals surface area contributed by atoms with Crippen LogP contribution < -0.4 is 10.1 Å². The van der Waals surface area contributed by atoms with E-state index in [2.05, 4.69) is 15.3 Å². The van der Waals surface area contributed by atoms with Crippen molar-refractivity contribution in [2.24, 2.45) is 5.92 Å². The third-order valence-electron chi connectivity index (χ3n) is 3.14. The van der Waals surface area contributed by atoms with Gasteiger partial charge in [0.15, 0.2) is 0 Å². The van der Waals surface area contributed by atoms with Gasteiger partial charge in [-0.3, -0.25) is 0 Å². The van der Waals surface area contributed by atoms with Crippen molar-refractivity contribution in [3.05, 3.63) is 11.8 Å². The van der Waals surface area contributed by atoms with E-state index in [0.29, 0.717) is 11.8 Å². The fourth-order valence-corrected chi connectivity index (χ4v) is 1.80. The van der Waals surface area contributed by atoms with E-state index < -0.39 is 0 Å². The Hall–Kier alpha value is -1.32. The standard InChI is InChI=1S/C12H19N3O/c1-9-8-14-12(13-2)15-11(9)16-7-6-10-4-3-5-10/h8,10H,3-7H2,1-2H3,(H,13,14,15). The molecule has 1 heterocycles. The van der Waals surface area contributed by atoms with Crippen LogP contribution in [0.25, 0.3) is 0 Å². The van der Waals surface area contributed by atoms with Crippen LogP contribution in [0.15, 0.2) is 6.20 Å². The van der Waals surface area contributed by atoms with Crippen LogP contribution in [0.2, 0.25) is 0 Å². The van der Waals surface area contributed by atoms with Crippen molar-refractivity contribution < 1.29 is 4.74 Å². The van der Waals surface area contributed by atoms with Crippen molar-refractivity contribution in [3.8, 4) is 5.88 Å². The first-order valence-electron chi connectivity index (χ1n) is 5.94. The maximum Gasteiger partial charge on any atom is 0.225 e. The Morgan fingerprint density at radius 3 is 2.94 bits per heavy atom. The van der Waals surface area contributed by atoms with E-state index in [4.69, 9.17) is 4.74 Å². The van der Waals surface area contributed by atoms with Crippen molar-refractivity contribution in [3.63, 3.8) is 0 Å². The van der Waals surface area contributed by atoms with Crippen molar-refractivity contribution in [2.75, 3.05) is 19.0 Å². The molecule has 4 nitrogen and oxygen atoms in total. The first-order chi connectivity index (χ1) is 7.79. The molecule has 1 aliphatic rings. The summed E-state index contributed by atoms with van der Waals surface area (Å²) in [6.07, 6.45) is 7.07. The number of nitrogens with zero attached hydrogens (tertiary/aromatic N) is 2. The number of aromatic nitrogens is 2. The highest BCUT2D eigenvalue weighted by molar-refractivity contribution is 5.31. The number of hydrogen-bond donors (Lipinski definition) is 1. The molecular formula is C12H19N3O. The number of hydrogen-bond acceptors (Lipinski definition) is 4. The van der Waals surface area contributed by atoms with Crippen LogP contribution in [0.4, 0.5) is 5.95 Å². The lowest BCUT2D eigenvalue weighted by molar-refractivity contribution is 0.216. The molecule has 1 saturated carbocycles. The van der Waals surface area contributed by atoms with E-state index in [1.165, 1.54) is 19.3 Å². The van der Waals surface area contributed by atoms with Gasteiger partial charge < -0.3 is 10.1 Å². The minimum Gasteiger partial charge on any atom is -0.477 e. The molecular weight excluding hydrogens is 202 g/mol. The molecule has 1 aromatic heterocycles. The minimum absolute atomic E-state index is 0.615. The summed E-state index contributed by atoms with van der Waals surface area (Å²) in [5.74, 6) is 2.20. The van der Waals surface area contributed by atoms with Crippen molar-refractivity contribution in [1.29, 1.82) is 0 Å². The third-order valence-corrected chi connectivity index (χ3v) is 3.14. The number of nitrogens with one attached hydrogen (secondary N) is 1. The molecule has 1 fully saturated rings. The summed E-state index contributed by atoms with van der Waals surface area (Å²) in [6, 6.07) is 0. The maximum atomic E-state index is 5.69. The molecule has 0 amide bonds. The van der Waals surface area contributed by atoms with E-state index in [1.807, 2.05) is 14.0 Å². The lowest BCUT2D eigenvalue weighted by Gasteiger charge is -2.24. The topological polar surface area (TPSA) is 47.0 Å². The summed E-state index contributed by atoms with van der Waals surface area (Å²) in [5, 5.41) is 2.91. The van der Waals surface area contributed by atoms with Gasteiger partial charge in [0.2, 0.25) is 11.8 Å². The van der Waals surface area contributed by atoms with Gasteiger partial charge in [0, 0.05) is 18.8 Å². The van der Waals surface area contributed by atoms with E-state index in [1.54, 1.807) is 6.20 Å². The molecule has 1 N–H and O–H groups in total. The minimum atomic E-state index is 0.615. The normalized spacial score (nSPS) is 15.6. The second-order valence-corrected chi connectivity index (χ2v) is 4.37. The average molecular weight is 221 g/mol. The first-order valence-corrected chi connectivity index (χ1v) is 5.94. The molecule has 1 aliphatic carbocycles. The number of aryl methyl sites for hydroxylation is 1. The van der Waals surface area contributed by atoms with Crippen LogP contribution in [-0.4, -0.2) is 23.6 Å². The zero-order valence-electron chi connectivity index (χ0n) is 9.99. The van der Waals surface area contributed by atoms with Crippen molar-refractivity contribution in [2.45, 2.75) is 32.6 Å². The Labute approximate surface area is 96.4 Å². The Morgan fingerprint density at radius 2 is 2.31 bits per heavy atom. The predicted molar refractivity (Wildman–Crippen MR) is 63.8 cm³/mol. The van der Waals surface area contributed by atoms with E-state index in [0.717, 1.165) is 24.5 Å². The van der Waals surface area contributed by atoms with E-state index in [-0.39, 0.29) is 0 Å². The second kappa shape index (κ2) is 5.14. The molecule has 0 saturated heterocycles. The molecule has 0 aliphatic heterocycles. The largest absolute Gasteiger partial charge is 0.477 e. The highest BCUT2D eigenvalue weighted by atomic mass is 16.5. The number of anilines is 1. The second-order valence-electron chi connectivity index (χ2n) is 4.37. The van der Waals surface area contributed by atoms with Gasteiger partial charge in [0.1, 0.15) is 0 Å². The zero-order chi connectivity index (χ0) is 11.4. The maximum absolute atomic E-state index is 5.69. The summed E-state index contributed by atoms with van der Waals surface area (Å²) in [4.78, 5) is 8.41. The molecule has 0 spiro atoms. The van der Waals surface area contributed by atoms with Gasteiger partial charge in [0.25, 0.3) is 0 Å². The molecule has 88 valence electrons. The Balaban J connectivity index is 1.86. The van der Waals surface area contributed by atoms with Crippen LogP contribution in [0.3, 0.4) is 0 Å². The SMILES string of the molecule is CNc1ncc(C)c(OCCC2CCC2)n1. The summed E-state index contributed by atoms with van der Waals surface area (Å²) in [6.45, 7) is 2.74. The molecule has 1 aromatic rings. The van der Waals surface area contributed by atoms with Gasteiger partial charge >= 0.3 is 0 Å². The van der Waals surface area contributed by atoms with Gasteiger partial charge in [-0.15, -0.1) is 0 Å². The van der Waals surface area contributed by atoms with Crippen LogP contribution in [0.1, 0.15) is 31.2 Å². The molecule has 0 aromatic carbocycles. The van der Waals surface area contributed by atoms with Gasteiger partial charge in [0.05, 0.1) is 6.61 Å². The van der Waals surface area contributed by atoms with Gasteiger partial charge in [-0.2, -0.15) is 4.98 Å². The smallest absolute Gasteiger partial charge is 0.225 e. The highest BCUT2D eigenvalue weighted by Crippen LogP contribution is 2.29. The molecule has 2 rings (SSSR count). The summed E-state index contributed by atoms with van der Waals surface area (Å²) in [5.41, 5.74) is 0.993. The lowest BCUT2D eigenvalue weighted by Crippen LogP contribution is -2.15. The summed E-state index contributed by atoms with van der Waals surface area (Å²) >= 11 is 0. The lowest BCUT2D eigenvalue weighted by atomic mass is 9.83. The Bertz CT molecular complexity index is 350. The average Bonchev–Trinajstić information content (AvgIpc) is 2.24. The molecule has 0 atom stereocenters. The van der Waals surface area contributed by atoms with E-state index in [9.17, 15) is 0 Å². The first kappa shape index (κ1) is 11.2. The Morgan fingerprint density at radius 1 is 1.50 bits per heavy atom. The monoisotopic (exact) mass is 221 g/mol. The van der Waals surface area contributed by atoms with Crippen molar-refractivity contribution >= 4 is 5.95 Å². The predicted octanol–water partition coefficient (Wildman–Crippen LogP) is 2.40. The van der Waals surface area contributed by atoms with Gasteiger partial charge in [-0.05, 0) is 19.3 Å². The van der Waals surface area contributed by atoms with Crippen LogP contribution in [0, 0.1) is 12.8 Å². The van der Waals surface area contributed by atoms with Crippen molar-refractivity contribution in [1.82, 2.24) is 9.97 Å². The summed E-state index contributed by atoms with van der Waals surface area (Å²) < 4.78 is 5.69. The molecule has 0 unspecified atom stereocenters. The van der Waals surface area contributed by atoms with Crippen LogP contribution in [-0.2, 0) is 0 Å². The van der Waals surface area contributed by atoms with Crippen LogP contribution in [0.5, 0.6) is 5.88 Å². The molecule has 4 heteroatoms. The zero-order valence-corrected chi connectivity index (χ0v) is 9.99. The number of ether oxygens (including phenoxy) is 1. The van der Waals surface area contributed by atoms with Gasteiger partial charge in [-0.25, -0.2) is 4.98 Å². The fraction of sp³-hybridized carbons (Fsp3) is 0.667. The highest BCUT2D eigenvalue weighted by Gasteiger charge is 2.17. The molecule has 0 bridgehead atoms. The van der Waals surface area contributed by atoms with Gasteiger partial charge in [-0.1, -0.05) is 19.3 Å². The quantitative estimate of drug-likeness (QED) is 0.829.